The molecule has 0 amide bonds. The van der Waals surface area contributed by atoms with E-state index in [4.69, 9.17) is 4.42 Å². The highest BCUT2D eigenvalue weighted by Gasteiger charge is 2.24. The fourth-order valence-corrected chi connectivity index (χ4v) is 2.62. The van der Waals surface area contributed by atoms with Crippen molar-refractivity contribution in [2.75, 3.05) is 7.05 Å². The summed E-state index contributed by atoms with van der Waals surface area (Å²) in [6.07, 6.45) is 1.55. The minimum absolute atomic E-state index is 0.0176. The molecule has 0 aliphatic heterocycles. The van der Waals surface area contributed by atoms with Crippen LogP contribution in [0.4, 0.5) is 8.78 Å². The minimum atomic E-state index is -0.603. The highest BCUT2D eigenvalue weighted by Crippen LogP contribution is 2.33. The highest BCUT2D eigenvalue weighted by atomic mass is 19.1. The van der Waals surface area contributed by atoms with E-state index in [1.807, 2.05) is 24.3 Å². The number of aryl methyl sites for hydroxylation is 1. The summed E-state index contributed by atoms with van der Waals surface area (Å²) in [5, 5.41) is 3.83. The number of benzene rings is 2. The van der Waals surface area contributed by atoms with Crippen LogP contribution in [0.2, 0.25) is 0 Å². The van der Waals surface area contributed by atoms with E-state index in [0.29, 0.717) is 11.1 Å². The van der Waals surface area contributed by atoms with Gasteiger partial charge < -0.3 is 9.73 Å². The highest BCUT2D eigenvalue weighted by molar-refractivity contribution is 5.82. The van der Waals surface area contributed by atoms with Crippen LogP contribution in [0.1, 0.15) is 22.7 Å². The Morgan fingerprint density at radius 1 is 1.10 bits per heavy atom. The quantitative estimate of drug-likeness (QED) is 0.775. The normalized spacial score (nSPS) is 12.8. The van der Waals surface area contributed by atoms with E-state index >= 15 is 0 Å². The maximum absolute atomic E-state index is 14.4. The molecule has 0 saturated carbocycles. The van der Waals surface area contributed by atoms with Gasteiger partial charge in [-0.1, -0.05) is 24.3 Å². The summed E-state index contributed by atoms with van der Waals surface area (Å²) in [5.74, 6) is -1.10. The van der Waals surface area contributed by atoms with Gasteiger partial charge in [-0.15, -0.1) is 0 Å². The lowest BCUT2D eigenvalue weighted by atomic mass is 9.96. The summed E-state index contributed by atoms with van der Waals surface area (Å²) in [4.78, 5) is 0. The largest absolute Gasteiger partial charge is 0.464 e. The zero-order chi connectivity index (χ0) is 15.0. The summed E-state index contributed by atoms with van der Waals surface area (Å²) in [6.45, 7) is 1.62. The Morgan fingerprint density at radius 3 is 2.62 bits per heavy atom. The van der Waals surface area contributed by atoms with Gasteiger partial charge in [0.2, 0.25) is 0 Å². The van der Waals surface area contributed by atoms with E-state index < -0.39 is 17.7 Å². The number of rotatable bonds is 3. The average molecular weight is 287 g/mol. The molecule has 0 spiro atoms. The Hall–Kier alpha value is -2.20. The molecule has 4 heteroatoms. The molecule has 1 unspecified atom stereocenters. The molecule has 2 aromatic carbocycles. The maximum atomic E-state index is 14.4. The first-order chi connectivity index (χ1) is 10.1. The molecule has 0 aliphatic rings. The van der Waals surface area contributed by atoms with Crippen LogP contribution in [0, 0.1) is 18.6 Å². The van der Waals surface area contributed by atoms with E-state index in [0.717, 1.165) is 10.9 Å². The Bertz CT molecular complexity index is 795. The molecule has 1 aromatic heterocycles. The molecule has 3 rings (SSSR count). The fourth-order valence-electron chi connectivity index (χ4n) is 2.62. The lowest BCUT2D eigenvalue weighted by Gasteiger charge is -2.18. The first kappa shape index (κ1) is 13.8. The van der Waals surface area contributed by atoms with Gasteiger partial charge in [0.25, 0.3) is 0 Å². The van der Waals surface area contributed by atoms with Gasteiger partial charge in [0.05, 0.1) is 12.3 Å². The third-order valence-electron chi connectivity index (χ3n) is 3.72. The lowest BCUT2D eigenvalue weighted by molar-refractivity contribution is 0.514. The van der Waals surface area contributed by atoms with Crippen LogP contribution in [0.25, 0.3) is 11.0 Å². The first-order valence-corrected chi connectivity index (χ1v) is 6.71. The van der Waals surface area contributed by atoms with Gasteiger partial charge in [-0.05, 0) is 31.7 Å². The molecule has 21 heavy (non-hydrogen) atoms. The molecule has 108 valence electrons. The first-order valence-electron chi connectivity index (χ1n) is 6.71. The standard InChI is InChI=1S/C17H15F2NO/c1-10-7-8-13(18)15(16(10)19)17(20-2)12-9-21-14-6-4-3-5-11(12)14/h3-9,17,20H,1-2H3. The van der Waals surface area contributed by atoms with Crippen molar-refractivity contribution in [1.82, 2.24) is 5.32 Å². The zero-order valence-corrected chi connectivity index (χ0v) is 11.8. The number of halogens is 2. The van der Waals surface area contributed by atoms with Gasteiger partial charge in [-0.25, -0.2) is 8.78 Å². The van der Waals surface area contributed by atoms with E-state index in [2.05, 4.69) is 5.32 Å². The Labute approximate surface area is 121 Å². The molecule has 0 fully saturated rings. The van der Waals surface area contributed by atoms with Crippen molar-refractivity contribution in [3.05, 3.63) is 71.0 Å². The SMILES string of the molecule is CNC(c1c(F)ccc(C)c1F)c1coc2ccccc12. The van der Waals surface area contributed by atoms with Crippen molar-refractivity contribution in [2.24, 2.45) is 0 Å². The smallest absolute Gasteiger partial charge is 0.134 e. The molecular weight excluding hydrogens is 272 g/mol. The maximum Gasteiger partial charge on any atom is 0.134 e. The number of para-hydroxylation sites is 1. The number of furan rings is 1. The van der Waals surface area contributed by atoms with Gasteiger partial charge in [0.1, 0.15) is 17.2 Å². The van der Waals surface area contributed by atoms with Crippen molar-refractivity contribution >= 4 is 11.0 Å². The van der Waals surface area contributed by atoms with E-state index in [1.54, 1.807) is 20.2 Å². The molecule has 1 N–H and O–H groups in total. The van der Waals surface area contributed by atoms with Crippen LogP contribution in [-0.2, 0) is 0 Å². The molecule has 2 nitrogen and oxygen atoms in total. The van der Waals surface area contributed by atoms with Gasteiger partial charge in [-0.2, -0.15) is 0 Å². The summed E-state index contributed by atoms with van der Waals surface area (Å²) in [5.41, 5.74) is 1.85. The summed E-state index contributed by atoms with van der Waals surface area (Å²) >= 11 is 0. The van der Waals surface area contributed by atoms with Gasteiger partial charge in [0, 0.05) is 16.5 Å². The second-order valence-electron chi connectivity index (χ2n) is 5.00. The third kappa shape index (κ3) is 2.21. The molecule has 1 heterocycles. The number of hydrogen-bond donors (Lipinski definition) is 1. The topological polar surface area (TPSA) is 25.2 Å². The van der Waals surface area contributed by atoms with Gasteiger partial charge in [-0.3, -0.25) is 0 Å². The molecule has 0 radical (unpaired) electrons. The minimum Gasteiger partial charge on any atom is -0.464 e. The van der Waals surface area contributed by atoms with E-state index in [1.165, 1.54) is 12.1 Å². The number of hydrogen-bond acceptors (Lipinski definition) is 2. The molecule has 0 bridgehead atoms. The third-order valence-corrected chi connectivity index (χ3v) is 3.72. The summed E-state index contributed by atoms with van der Waals surface area (Å²) < 4.78 is 34.0. The van der Waals surface area contributed by atoms with Crippen molar-refractivity contribution in [3.8, 4) is 0 Å². The number of nitrogens with one attached hydrogen (secondary N) is 1. The van der Waals surface area contributed by atoms with Crippen molar-refractivity contribution < 1.29 is 13.2 Å². The van der Waals surface area contributed by atoms with Gasteiger partial charge >= 0.3 is 0 Å². The second kappa shape index (κ2) is 5.30. The molecule has 3 aromatic rings. The fraction of sp³-hybridized carbons (Fsp3) is 0.176. The van der Waals surface area contributed by atoms with Crippen LogP contribution >= 0.6 is 0 Å². The second-order valence-corrected chi connectivity index (χ2v) is 5.00. The Kier molecular flexibility index (Phi) is 3.47. The van der Waals surface area contributed by atoms with Crippen molar-refractivity contribution in [3.63, 3.8) is 0 Å². The van der Waals surface area contributed by atoms with Crippen LogP contribution in [0.15, 0.2) is 47.1 Å². The predicted molar refractivity (Wildman–Crippen MR) is 78.2 cm³/mol. The Morgan fingerprint density at radius 2 is 1.86 bits per heavy atom. The summed E-state index contributed by atoms with van der Waals surface area (Å²) in [6, 6.07) is 9.57. The summed E-state index contributed by atoms with van der Waals surface area (Å²) in [7, 11) is 1.67. The van der Waals surface area contributed by atoms with Crippen LogP contribution in [-0.4, -0.2) is 7.05 Å². The number of fused-ring (bicyclic) bond motifs is 1. The molecule has 1 atom stereocenters. The van der Waals surface area contributed by atoms with Crippen molar-refractivity contribution in [1.29, 1.82) is 0 Å². The zero-order valence-electron chi connectivity index (χ0n) is 11.8. The molecule has 0 saturated heterocycles. The Balaban J connectivity index is 2.22. The van der Waals surface area contributed by atoms with E-state index in [-0.39, 0.29) is 5.56 Å². The molecule has 0 aliphatic carbocycles. The molecular formula is C17H15F2NO. The van der Waals surface area contributed by atoms with Crippen LogP contribution < -0.4 is 5.32 Å². The monoisotopic (exact) mass is 287 g/mol. The van der Waals surface area contributed by atoms with E-state index in [9.17, 15) is 8.78 Å². The average Bonchev–Trinajstić information content (AvgIpc) is 2.91. The lowest BCUT2D eigenvalue weighted by Crippen LogP contribution is -2.20. The predicted octanol–water partition coefficient (Wildman–Crippen LogP) is 4.33. The van der Waals surface area contributed by atoms with Crippen molar-refractivity contribution in [2.45, 2.75) is 13.0 Å². The van der Waals surface area contributed by atoms with Crippen LogP contribution in [0.5, 0.6) is 0 Å². The van der Waals surface area contributed by atoms with Crippen LogP contribution in [0.3, 0.4) is 0 Å². The van der Waals surface area contributed by atoms with Gasteiger partial charge in [0.15, 0.2) is 0 Å².